The summed E-state index contributed by atoms with van der Waals surface area (Å²) >= 11 is 3.03. The van der Waals surface area contributed by atoms with Crippen LogP contribution in [0.4, 0.5) is 0 Å². The minimum absolute atomic E-state index is 0.0253. The van der Waals surface area contributed by atoms with Crippen LogP contribution in [0, 0.1) is 0 Å². The van der Waals surface area contributed by atoms with Gasteiger partial charge in [-0.15, -0.1) is 0 Å². The topological polar surface area (TPSA) is 64.7 Å². The van der Waals surface area contributed by atoms with E-state index in [-0.39, 0.29) is 6.04 Å². The molecule has 2 heterocycles. The summed E-state index contributed by atoms with van der Waals surface area (Å²) < 4.78 is 5.22. The van der Waals surface area contributed by atoms with Crippen LogP contribution >= 0.6 is 23.3 Å². The van der Waals surface area contributed by atoms with Crippen LogP contribution in [0.2, 0.25) is 0 Å². The lowest BCUT2D eigenvalue weighted by Gasteiger charge is -2.07. The molecule has 0 unspecified atom stereocenters. The lowest BCUT2D eigenvalue weighted by molar-refractivity contribution is 0.674. The van der Waals surface area contributed by atoms with Crippen molar-refractivity contribution in [1.82, 2.24) is 14.3 Å². The van der Waals surface area contributed by atoms with E-state index in [0.717, 1.165) is 33.6 Å². The standard InChI is InChI=1S/C12H16N4S2/c1-3-9(13)10-6-5-8(7-14-10)17-12-15-11(4-2)16-18-12/h5-7,9H,3-4,13H2,1-2H3/t9-/m1/s1. The van der Waals surface area contributed by atoms with Crippen molar-refractivity contribution in [3.05, 3.63) is 29.8 Å². The molecule has 0 saturated carbocycles. The summed E-state index contributed by atoms with van der Waals surface area (Å²) in [6, 6.07) is 4.05. The Morgan fingerprint density at radius 2 is 2.22 bits per heavy atom. The van der Waals surface area contributed by atoms with E-state index in [9.17, 15) is 0 Å². The minimum Gasteiger partial charge on any atom is -0.323 e. The fourth-order valence-corrected chi connectivity index (χ4v) is 3.05. The Hall–Kier alpha value is -0.980. The summed E-state index contributed by atoms with van der Waals surface area (Å²) in [4.78, 5) is 9.87. The predicted molar refractivity (Wildman–Crippen MR) is 74.9 cm³/mol. The first kappa shape index (κ1) is 13.5. The zero-order chi connectivity index (χ0) is 13.0. The van der Waals surface area contributed by atoms with Gasteiger partial charge in [0.05, 0.1) is 5.69 Å². The molecule has 2 N–H and O–H groups in total. The molecule has 0 aromatic carbocycles. The maximum absolute atomic E-state index is 5.93. The molecule has 0 aliphatic heterocycles. The monoisotopic (exact) mass is 280 g/mol. The number of nitrogens with two attached hydrogens (primary N) is 1. The third kappa shape index (κ3) is 3.28. The summed E-state index contributed by atoms with van der Waals surface area (Å²) in [5.74, 6) is 0.903. The number of aromatic nitrogens is 3. The zero-order valence-electron chi connectivity index (χ0n) is 10.5. The molecule has 18 heavy (non-hydrogen) atoms. The highest BCUT2D eigenvalue weighted by Gasteiger charge is 2.07. The maximum atomic E-state index is 5.93. The quantitative estimate of drug-likeness (QED) is 0.912. The van der Waals surface area contributed by atoms with E-state index >= 15 is 0 Å². The maximum Gasteiger partial charge on any atom is 0.174 e. The first-order valence-corrected chi connectivity index (χ1v) is 7.53. The van der Waals surface area contributed by atoms with Crippen molar-refractivity contribution < 1.29 is 0 Å². The van der Waals surface area contributed by atoms with Crippen LogP contribution in [0.3, 0.4) is 0 Å². The fourth-order valence-electron chi connectivity index (χ4n) is 1.40. The van der Waals surface area contributed by atoms with Crippen LogP contribution in [0.15, 0.2) is 27.6 Å². The van der Waals surface area contributed by atoms with Crippen LogP contribution < -0.4 is 5.73 Å². The van der Waals surface area contributed by atoms with Crippen molar-refractivity contribution in [2.45, 2.75) is 42.0 Å². The SMILES string of the molecule is CCc1nsc(Sc2ccc([C@H](N)CC)nc2)n1. The number of hydrogen-bond acceptors (Lipinski definition) is 6. The molecular weight excluding hydrogens is 264 g/mol. The average Bonchev–Trinajstić information content (AvgIpc) is 2.86. The summed E-state index contributed by atoms with van der Waals surface area (Å²) in [6.45, 7) is 4.11. The molecule has 0 saturated heterocycles. The third-order valence-corrected chi connectivity index (χ3v) is 4.32. The van der Waals surface area contributed by atoms with E-state index in [1.807, 2.05) is 18.3 Å². The molecule has 4 nitrogen and oxygen atoms in total. The highest BCUT2D eigenvalue weighted by Crippen LogP contribution is 2.29. The van der Waals surface area contributed by atoms with Crippen LogP contribution in [0.25, 0.3) is 0 Å². The van der Waals surface area contributed by atoms with Gasteiger partial charge in [-0.05, 0) is 30.1 Å². The molecule has 0 aliphatic rings. The molecule has 0 aliphatic carbocycles. The van der Waals surface area contributed by atoms with Gasteiger partial charge in [-0.1, -0.05) is 25.6 Å². The third-order valence-electron chi connectivity index (χ3n) is 2.55. The first-order chi connectivity index (χ1) is 8.72. The van der Waals surface area contributed by atoms with E-state index in [1.54, 1.807) is 11.8 Å². The Balaban J connectivity index is 2.06. The predicted octanol–water partition coefficient (Wildman–Crippen LogP) is 3.06. The number of nitrogens with zero attached hydrogens (tertiary/aromatic N) is 3. The van der Waals surface area contributed by atoms with Crippen LogP contribution in [-0.4, -0.2) is 14.3 Å². The molecule has 0 fully saturated rings. The van der Waals surface area contributed by atoms with Crippen molar-refractivity contribution >= 4 is 23.3 Å². The second-order valence-electron chi connectivity index (χ2n) is 3.87. The Kier molecular flexibility index (Phi) is 4.68. The van der Waals surface area contributed by atoms with Gasteiger partial charge in [-0.2, -0.15) is 4.37 Å². The normalized spacial score (nSPS) is 12.6. The molecule has 0 spiro atoms. The molecule has 96 valence electrons. The Morgan fingerprint density at radius 3 is 2.78 bits per heavy atom. The zero-order valence-corrected chi connectivity index (χ0v) is 12.1. The highest BCUT2D eigenvalue weighted by atomic mass is 32.2. The number of aryl methyl sites for hydroxylation is 1. The van der Waals surface area contributed by atoms with E-state index in [4.69, 9.17) is 5.73 Å². The van der Waals surface area contributed by atoms with E-state index in [0.29, 0.717) is 0 Å². The van der Waals surface area contributed by atoms with Crippen LogP contribution in [-0.2, 0) is 6.42 Å². The fraction of sp³-hybridized carbons (Fsp3) is 0.417. The molecule has 0 radical (unpaired) electrons. The molecule has 0 amide bonds. The molecular formula is C12H16N4S2. The summed E-state index contributed by atoms with van der Waals surface area (Å²) in [5.41, 5.74) is 6.87. The summed E-state index contributed by atoms with van der Waals surface area (Å²) in [7, 11) is 0. The molecule has 6 heteroatoms. The smallest absolute Gasteiger partial charge is 0.174 e. The van der Waals surface area contributed by atoms with Crippen LogP contribution in [0.1, 0.15) is 37.8 Å². The van der Waals surface area contributed by atoms with Crippen molar-refractivity contribution in [3.8, 4) is 0 Å². The van der Waals surface area contributed by atoms with E-state index < -0.39 is 0 Å². The lowest BCUT2D eigenvalue weighted by Crippen LogP contribution is -2.10. The molecule has 1 atom stereocenters. The van der Waals surface area contributed by atoms with E-state index in [1.165, 1.54) is 11.5 Å². The van der Waals surface area contributed by atoms with Crippen molar-refractivity contribution in [2.75, 3.05) is 0 Å². The Morgan fingerprint density at radius 1 is 1.39 bits per heavy atom. The largest absolute Gasteiger partial charge is 0.323 e. The van der Waals surface area contributed by atoms with Gasteiger partial charge in [0.25, 0.3) is 0 Å². The second-order valence-corrected chi connectivity index (χ2v) is 5.94. The van der Waals surface area contributed by atoms with Crippen molar-refractivity contribution in [2.24, 2.45) is 5.73 Å². The number of pyridine rings is 1. The van der Waals surface area contributed by atoms with Gasteiger partial charge < -0.3 is 5.73 Å². The minimum atomic E-state index is 0.0253. The molecule has 2 aromatic heterocycles. The van der Waals surface area contributed by atoms with E-state index in [2.05, 4.69) is 28.2 Å². The Bertz CT molecular complexity index is 495. The number of rotatable bonds is 5. The molecule has 2 aromatic rings. The van der Waals surface area contributed by atoms with Gasteiger partial charge in [-0.3, -0.25) is 4.98 Å². The van der Waals surface area contributed by atoms with Gasteiger partial charge >= 0.3 is 0 Å². The van der Waals surface area contributed by atoms with Gasteiger partial charge in [0.2, 0.25) is 0 Å². The summed E-state index contributed by atoms with van der Waals surface area (Å²) in [6.07, 6.45) is 3.62. The molecule has 2 rings (SSSR count). The van der Waals surface area contributed by atoms with Gasteiger partial charge in [-0.25, -0.2) is 4.98 Å². The molecule has 0 bridgehead atoms. The van der Waals surface area contributed by atoms with Crippen LogP contribution in [0.5, 0.6) is 0 Å². The van der Waals surface area contributed by atoms with Gasteiger partial charge in [0.15, 0.2) is 4.34 Å². The van der Waals surface area contributed by atoms with Crippen molar-refractivity contribution in [3.63, 3.8) is 0 Å². The van der Waals surface area contributed by atoms with Gasteiger partial charge in [0.1, 0.15) is 5.82 Å². The second kappa shape index (κ2) is 6.26. The van der Waals surface area contributed by atoms with Crippen molar-refractivity contribution in [1.29, 1.82) is 0 Å². The lowest BCUT2D eigenvalue weighted by atomic mass is 10.1. The number of hydrogen-bond donors (Lipinski definition) is 1. The average molecular weight is 280 g/mol. The first-order valence-electron chi connectivity index (χ1n) is 5.94. The Labute approximate surface area is 115 Å². The van der Waals surface area contributed by atoms with Gasteiger partial charge in [0, 0.05) is 23.6 Å². The summed E-state index contributed by atoms with van der Waals surface area (Å²) in [5, 5.41) is 0. The highest BCUT2D eigenvalue weighted by molar-refractivity contribution is 8.01.